The first-order valence-corrected chi connectivity index (χ1v) is 6.84. The Labute approximate surface area is 105 Å². The minimum atomic E-state index is 1.09. The largest absolute Gasteiger partial charge is 0.363 e. The molecule has 0 spiro atoms. The number of piperazine rings is 1. The maximum absolute atomic E-state index is 2.57. The fraction of sp³-hybridized carbons (Fsp3) is 0.600. The second kappa shape index (κ2) is 5.54. The van der Waals surface area contributed by atoms with Crippen molar-refractivity contribution in [2.45, 2.75) is 19.8 Å². The van der Waals surface area contributed by atoms with Gasteiger partial charge in [0.05, 0.1) is 39.8 Å². The molecule has 1 heterocycles. The Hall–Kier alpha value is -1.02. The van der Waals surface area contributed by atoms with Gasteiger partial charge in [-0.1, -0.05) is 31.2 Å². The van der Waals surface area contributed by atoms with Crippen LogP contribution in [0.3, 0.4) is 0 Å². The highest BCUT2D eigenvalue weighted by Crippen LogP contribution is 2.18. The molecule has 0 aromatic rings. The second-order valence-electron chi connectivity index (χ2n) is 5.45. The molecule has 2 rings (SSSR count). The summed E-state index contributed by atoms with van der Waals surface area (Å²) in [5.41, 5.74) is 1.48. The second-order valence-corrected chi connectivity index (χ2v) is 5.45. The van der Waals surface area contributed by atoms with Crippen molar-refractivity contribution >= 4 is 0 Å². The average Bonchev–Trinajstić information content (AvgIpc) is 2.59. The van der Waals surface area contributed by atoms with Gasteiger partial charge in [-0.3, -0.25) is 0 Å². The maximum atomic E-state index is 2.57. The Morgan fingerprint density at radius 2 is 1.94 bits per heavy atom. The van der Waals surface area contributed by atoms with E-state index >= 15 is 0 Å². The number of allylic oxidation sites excluding steroid dienone is 5. The molecule has 0 amide bonds. The summed E-state index contributed by atoms with van der Waals surface area (Å²) in [6.45, 7) is 8.62. The van der Waals surface area contributed by atoms with Gasteiger partial charge in [0, 0.05) is 12.1 Å². The number of rotatable bonds is 3. The third-order valence-electron chi connectivity index (χ3n) is 3.96. The molecule has 0 unspecified atom stereocenters. The van der Waals surface area contributed by atoms with Gasteiger partial charge in [0.2, 0.25) is 0 Å². The van der Waals surface area contributed by atoms with E-state index in [1.807, 2.05) is 0 Å². The lowest BCUT2D eigenvalue weighted by Crippen LogP contribution is -2.57. The summed E-state index contributed by atoms with van der Waals surface area (Å²) in [5.74, 6) is 0. The van der Waals surface area contributed by atoms with E-state index in [4.69, 9.17) is 0 Å². The minimum absolute atomic E-state index is 1.09. The number of hydrogen-bond acceptors (Lipinski definition) is 1. The number of likely N-dealkylation sites (N-methyl/N-ethyl adjacent to an activating group) is 1. The van der Waals surface area contributed by atoms with Crippen molar-refractivity contribution in [2.75, 3.05) is 39.8 Å². The smallest absolute Gasteiger partial charge is 0.0963 e. The molecule has 0 atom stereocenters. The lowest BCUT2D eigenvalue weighted by molar-refractivity contribution is -0.913. The quantitative estimate of drug-likeness (QED) is 0.677. The van der Waals surface area contributed by atoms with E-state index in [-0.39, 0.29) is 0 Å². The summed E-state index contributed by atoms with van der Waals surface area (Å²) in [5, 5.41) is 0. The highest BCUT2D eigenvalue weighted by Gasteiger charge is 2.28. The topological polar surface area (TPSA) is 3.24 Å². The van der Waals surface area contributed by atoms with Gasteiger partial charge >= 0.3 is 0 Å². The van der Waals surface area contributed by atoms with Crippen LogP contribution < -0.4 is 0 Å². The molecular formula is C15H25N2+. The lowest BCUT2D eigenvalue weighted by Gasteiger charge is -2.43. The Kier molecular flexibility index (Phi) is 4.06. The molecule has 94 valence electrons. The van der Waals surface area contributed by atoms with Crippen LogP contribution in [0.1, 0.15) is 19.8 Å². The SMILES string of the molecule is CCC[N+]1(C)CCN(C2=CC=CC=CC2)CC1. The Morgan fingerprint density at radius 1 is 1.18 bits per heavy atom. The van der Waals surface area contributed by atoms with Crippen LogP contribution >= 0.6 is 0 Å². The van der Waals surface area contributed by atoms with E-state index in [0.717, 1.165) is 6.42 Å². The zero-order valence-electron chi connectivity index (χ0n) is 11.2. The molecule has 0 radical (unpaired) electrons. The van der Waals surface area contributed by atoms with E-state index in [0.29, 0.717) is 0 Å². The van der Waals surface area contributed by atoms with E-state index in [9.17, 15) is 0 Å². The summed E-state index contributed by atoms with van der Waals surface area (Å²) in [6, 6.07) is 0. The van der Waals surface area contributed by atoms with E-state index in [1.54, 1.807) is 0 Å². The van der Waals surface area contributed by atoms with Crippen LogP contribution in [0.4, 0.5) is 0 Å². The standard InChI is InChI=1S/C15H25N2/c1-3-12-17(2)13-10-16(11-14-17)15-8-6-4-5-7-9-15/h4-8H,3,9-14H2,1-2H3/q+1. The summed E-state index contributed by atoms with van der Waals surface area (Å²) in [7, 11) is 2.40. The van der Waals surface area contributed by atoms with Crippen molar-refractivity contribution in [3.05, 3.63) is 36.1 Å². The molecule has 0 saturated carbocycles. The fourth-order valence-corrected chi connectivity index (χ4v) is 2.80. The lowest BCUT2D eigenvalue weighted by atomic mass is 10.2. The number of nitrogens with zero attached hydrogens (tertiary/aromatic N) is 2. The van der Waals surface area contributed by atoms with Crippen molar-refractivity contribution in [3.8, 4) is 0 Å². The Morgan fingerprint density at radius 3 is 2.65 bits per heavy atom. The Balaban J connectivity index is 1.92. The molecule has 2 aliphatic rings. The number of quaternary nitrogens is 1. The maximum Gasteiger partial charge on any atom is 0.0963 e. The van der Waals surface area contributed by atoms with Gasteiger partial charge in [-0.15, -0.1) is 0 Å². The summed E-state index contributed by atoms with van der Waals surface area (Å²) in [6.07, 6.45) is 13.3. The average molecular weight is 233 g/mol. The zero-order chi connectivity index (χ0) is 12.1. The predicted octanol–water partition coefficient (Wildman–Crippen LogP) is 2.56. The third kappa shape index (κ3) is 3.22. The van der Waals surface area contributed by atoms with Gasteiger partial charge in [-0.05, 0) is 12.5 Å². The normalized spacial score (nSPS) is 23.4. The monoisotopic (exact) mass is 233 g/mol. The number of hydrogen-bond donors (Lipinski definition) is 0. The molecule has 2 heteroatoms. The van der Waals surface area contributed by atoms with Crippen LogP contribution in [0.25, 0.3) is 0 Å². The van der Waals surface area contributed by atoms with Gasteiger partial charge in [0.1, 0.15) is 0 Å². The molecule has 2 nitrogen and oxygen atoms in total. The molecule has 17 heavy (non-hydrogen) atoms. The molecule has 0 aromatic carbocycles. The first kappa shape index (κ1) is 12.4. The van der Waals surface area contributed by atoms with Crippen LogP contribution in [-0.4, -0.2) is 49.2 Å². The Bertz CT molecular complexity index is 331. The molecule has 1 aliphatic heterocycles. The summed E-state index contributed by atoms with van der Waals surface area (Å²) in [4.78, 5) is 2.57. The van der Waals surface area contributed by atoms with Gasteiger partial charge in [0.15, 0.2) is 0 Å². The van der Waals surface area contributed by atoms with Crippen molar-refractivity contribution in [2.24, 2.45) is 0 Å². The zero-order valence-corrected chi connectivity index (χ0v) is 11.2. The third-order valence-corrected chi connectivity index (χ3v) is 3.96. The van der Waals surface area contributed by atoms with E-state index in [1.165, 1.54) is 49.3 Å². The molecule has 1 aliphatic carbocycles. The predicted molar refractivity (Wildman–Crippen MR) is 73.6 cm³/mol. The van der Waals surface area contributed by atoms with Gasteiger partial charge in [0.25, 0.3) is 0 Å². The van der Waals surface area contributed by atoms with Crippen LogP contribution in [0, 0.1) is 0 Å². The minimum Gasteiger partial charge on any atom is -0.363 e. The van der Waals surface area contributed by atoms with Crippen LogP contribution in [0.2, 0.25) is 0 Å². The molecule has 0 N–H and O–H groups in total. The van der Waals surface area contributed by atoms with Gasteiger partial charge in [-0.25, -0.2) is 0 Å². The van der Waals surface area contributed by atoms with Crippen LogP contribution in [0.5, 0.6) is 0 Å². The highest BCUT2D eigenvalue weighted by molar-refractivity contribution is 5.22. The van der Waals surface area contributed by atoms with Crippen LogP contribution in [-0.2, 0) is 0 Å². The van der Waals surface area contributed by atoms with Crippen molar-refractivity contribution in [1.82, 2.24) is 4.90 Å². The summed E-state index contributed by atoms with van der Waals surface area (Å²) >= 11 is 0. The fourth-order valence-electron chi connectivity index (χ4n) is 2.80. The van der Waals surface area contributed by atoms with Crippen molar-refractivity contribution in [3.63, 3.8) is 0 Å². The van der Waals surface area contributed by atoms with E-state index < -0.39 is 0 Å². The first-order valence-electron chi connectivity index (χ1n) is 6.84. The molecule has 1 saturated heterocycles. The van der Waals surface area contributed by atoms with Gasteiger partial charge < -0.3 is 9.38 Å². The van der Waals surface area contributed by atoms with Crippen molar-refractivity contribution in [1.29, 1.82) is 0 Å². The van der Waals surface area contributed by atoms with E-state index in [2.05, 4.69) is 49.3 Å². The molecule has 1 fully saturated rings. The van der Waals surface area contributed by atoms with Crippen molar-refractivity contribution < 1.29 is 4.48 Å². The highest BCUT2D eigenvalue weighted by atomic mass is 15.4. The van der Waals surface area contributed by atoms with Gasteiger partial charge in [-0.2, -0.15) is 0 Å². The van der Waals surface area contributed by atoms with Crippen LogP contribution in [0.15, 0.2) is 36.1 Å². The molecule has 0 aromatic heterocycles. The molecular weight excluding hydrogens is 208 g/mol. The summed E-state index contributed by atoms with van der Waals surface area (Å²) < 4.78 is 1.26. The molecule has 0 bridgehead atoms. The first-order chi connectivity index (χ1) is 8.23.